The Morgan fingerprint density at radius 2 is 1.82 bits per heavy atom. The molecule has 0 aliphatic carbocycles. The minimum atomic E-state index is -0.139. The fourth-order valence-electron chi connectivity index (χ4n) is 2.42. The Morgan fingerprint density at radius 1 is 1.09 bits per heavy atom. The van der Waals surface area contributed by atoms with Gasteiger partial charge in [0.1, 0.15) is 0 Å². The second kappa shape index (κ2) is 5.78. The molecule has 3 aromatic rings. The van der Waals surface area contributed by atoms with Crippen LogP contribution in [-0.2, 0) is 0 Å². The first kappa shape index (κ1) is 14.5. The third-order valence-corrected chi connectivity index (χ3v) is 3.99. The van der Waals surface area contributed by atoms with Crippen LogP contribution < -0.4 is 5.32 Å². The molecule has 1 N–H and O–H groups in total. The lowest BCUT2D eigenvalue weighted by molar-refractivity contribution is 0.102. The Labute approximate surface area is 133 Å². The number of hydrogen-bond donors (Lipinski definition) is 1. The summed E-state index contributed by atoms with van der Waals surface area (Å²) in [5.41, 5.74) is 3.93. The summed E-state index contributed by atoms with van der Waals surface area (Å²) in [5.74, 6) is -0.139. The Kier molecular flexibility index (Phi) is 3.82. The molecule has 22 heavy (non-hydrogen) atoms. The maximum Gasteiger partial charge on any atom is 0.255 e. The van der Waals surface area contributed by atoms with Gasteiger partial charge in [0.25, 0.3) is 5.91 Å². The van der Waals surface area contributed by atoms with E-state index >= 15 is 0 Å². The van der Waals surface area contributed by atoms with E-state index in [4.69, 9.17) is 11.6 Å². The lowest BCUT2D eigenvalue weighted by Gasteiger charge is -2.12. The van der Waals surface area contributed by atoms with E-state index in [1.54, 1.807) is 12.1 Å². The fourth-order valence-corrected chi connectivity index (χ4v) is 2.57. The number of nitrogens with one attached hydrogen (secondary N) is 1. The normalized spacial score (nSPS) is 10.7. The van der Waals surface area contributed by atoms with E-state index in [9.17, 15) is 4.79 Å². The van der Waals surface area contributed by atoms with Crippen LogP contribution in [0.2, 0.25) is 5.02 Å². The number of aromatic nitrogens is 1. The van der Waals surface area contributed by atoms with Gasteiger partial charge in [0.2, 0.25) is 0 Å². The molecule has 1 aromatic heterocycles. The fraction of sp³-hybridized carbons (Fsp3) is 0.111. The molecule has 0 atom stereocenters. The van der Waals surface area contributed by atoms with Crippen molar-refractivity contribution in [3.8, 4) is 0 Å². The number of carbonyl (C=O) groups excluding carboxylic acids is 1. The molecular formula is C18H15ClN2O. The molecule has 0 unspecified atom stereocenters. The van der Waals surface area contributed by atoms with Crippen molar-refractivity contribution in [1.29, 1.82) is 0 Å². The Balaban J connectivity index is 2.08. The topological polar surface area (TPSA) is 42.0 Å². The summed E-state index contributed by atoms with van der Waals surface area (Å²) < 4.78 is 0. The predicted molar refractivity (Wildman–Crippen MR) is 90.6 cm³/mol. The molecule has 110 valence electrons. The van der Waals surface area contributed by atoms with Crippen LogP contribution in [0, 0.1) is 13.8 Å². The van der Waals surface area contributed by atoms with Gasteiger partial charge >= 0.3 is 0 Å². The van der Waals surface area contributed by atoms with Crippen molar-refractivity contribution < 1.29 is 4.79 Å². The molecule has 2 aromatic carbocycles. The summed E-state index contributed by atoms with van der Waals surface area (Å²) in [6, 6.07) is 14.7. The highest BCUT2D eigenvalue weighted by molar-refractivity contribution is 6.32. The Morgan fingerprint density at radius 3 is 2.55 bits per heavy atom. The van der Waals surface area contributed by atoms with Crippen LogP contribution in [-0.4, -0.2) is 10.9 Å². The molecule has 0 aliphatic heterocycles. The average Bonchev–Trinajstić information content (AvgIpc) is 2.52. The first-order valence-corrected chi connectivity index (χ1v) is 7.37. The van der Waals surface area contributed by atoms with E-state index in [1.165, 1.54) is 0 Å². The molecule has 1 amide bonds. The standard InChI is InChI=1S/C18H15ClN2O/c1-11-10-16(21-18(22)13-6-4-3-5-7-13)14-8-9-15(19)12(2)17(14)20-11/h3-10H,1-2H3,(H,20,21,22). The minimum absolute atomic E-state index is 0.139. The van der Waals surface area contributed by atoms with Crippen molar-refractivity contribution in [2.75, 3.05) is 5.32 Å². The van der Waals surface area contributed by atoms with Crippen LogP contribution in [0.25, 0.3) is 10.9 Å². The van der Waals surface area contributed by atoms with E-state index in [-0.39, 0.29) is 5.91 Å². The number of benzene rings is 2. The zero-order valence-corrected chi connectivity index (χ0v) is 13.1. The summed E-state index contributed by atoms with van der Waals surface area (Å²) in [6.07, 6.45) is 0. The SMILES string of the molecule is Cc1cc(NC(=O)c2ccccc2)c2ccc(Cl)c(C)c2n1. The van der Waals surface area contributed by atoms with Crippen LogP contribution >= 0.6 is 11.6 Å². The molecule has 0 spiro atoms. The van der Waals surface area contributed by atoms with E-state index in [2.05, 4.69) is 10.3 Å². The van der Waals surface area contributed by atoms with Gasteiger partial charge in [0, 0.05) is 21.7 Å². The summed E-state index contributed by atoms with van der Waals surface area (Å²) in [6.45, 7) is 3.83. The highest BCUT2D eigenvalue weighted by Gasteiger charge is 2.12. The van der Waals surface area contributed by atoms with Crippen LogP contribution in [0.5, 0.6) is 0 Å². The number of aryl methyl sites for hydroxylation is 2. The Bertz CT molecular complexity index is 860. The molecule has 3 nitrogen and oxygen atoms in total. The maximum atomic E-state index is 12.4. The van der Waals surface area contributed by atoms with Crippen molar-refractivity contribution in [1.82, 2.24) is 4.98 Å². The molecule has 0 aliphatic rings. The van der Waals surface area contributed by atoms with Crippen LogP contribution in [0.1, 0.15) is 21.6 Å². The van der Waals surface area contributed by atoms with E-state index < -0.39 is 0 Å². The van der Waals surface area contributed by atoms with Gasteiger partial charge in [-0.15, -0.1) is 0 Å². The number of anilines is 1. The third-order valence-electron chi connectivity index (χ3n) is 3.58. The van der Waals surface area contributed by atoms with Crippen LogP contribution in [0.4, 0.5) is 5.69 Å². The van der Waals surface area contributed by atoms with Crippen molar-refractivity contribution in [2.45, 2.75) is 13.8 Å². The molecule has 4 heteroatoms. The third kappa shape index (κ3) is 2.68. The zero-order chi connectivity index (χ0) is 15.7. The lowest BCUT2D eigenvalue weighted by atomic mass is 10.1. The average molecular weight is 311 g/mol. The summed E-state index contributed by atoms with van der Waals surface area (Å²) in [5, 5.41) is 4.52. The molecule has 0 bridgehead atoms. The molecule has 0 saturated heterocycles. The molecule has 1 heterocycles. The van der Waals surface area contributed by atoms with Crippen molar-refractivity contribution in [3.63, 3.8) is 0 Å². The number of carbonyl (C=O) groups is 1. The molecular weight excluding hydrogens is 296 g/mol. The molecule has 3 rings (SSSR count). The minimum Gasteiger partial charge on any atom is -0.321 e. The number of pyridine rings is 1. The van der Waals surface area contributed by atoms with Gasteiger partial charge in [-0.05, 0) is 49.7 Å². The van der Waals surface area contributed by atoms with Gasteiger partial charge in [-0.25, -0.2) is 0 Å². The van der Waals surface area contributed by atoms with Crippen molar-refractivity contribution in [2.24, 2.45) is 0 Å². The van der Waals surface area contributed by atoms with E-state index in [0.717, 1.165) is 27.8 Å². The number of halogens is 1. The van der Waals surface area contributed by atoms with Crippen LogP contribution in [0.3, 0.4) is 0 Å². The number of amides is 1. The second-order valence-electron chi connectivity index (χ2n) is 5.20. The smallest absolute Gasteiger partial charge is 0.255 e. The summed E-state index contributed by atoms with van der Waals surface area (Å²) in [4.78, 5) is 16.9. The largest absolute Gasteiger partial charge is 0.321 e. The van der Waals surface area contributed by atoms with Crippen molar-refractivity contribution >= 4 is 34.1 Å². The van der Waals surface area contributed by atoms with Gasteiger partial charge in [0.05, 0.1) is 11.2 Å². The predicted octanol–water partition coefficient (Wildman–Crippen LogP) is 4.76. The van der Waals surface area contributed by atoms with Gasteiger partial charge in [-0.1, -0.05) is 29.8 Å². The molecule has 0 radical (unpaired) electrons. The Hall–Kier alpha value is -2.39. The van der Waals surface area contributed by atoms with Gasteiger partial charge < -0.3 is 5.32 Å². The van der Waals surface area contributed by atoms with Gasteiger partial charge in [-0.2, -0.15) is 0 Å². The first-order valence-electron chi connectivity index (χ1n) is 6.99. The zero-order valence-electron chi connectivity index (χ0n) is 12.4. The van der Waals surface area contributed by atoms with Gasteiger partial charge in [0.15, 0.2) is 0 Å². The van der Waals surface area contributed by atoms with E-state index in [1.807, 2.05) is 50.2 Å². The van der Waals surface area contributed by atoms with Gasteiger partial charge in [-0.3, -0.25) is 9.78 Å². The summed E-state index contributed by atoms with van der Waals surface area (Å²) >= 11 is 6.17. The molecule has 0 fully saturated rings. The monoisotopic (exact) mass is 310 g/mol. The van der Waals surface area contributed by atoms with Crippen molar-refractivity contribution in [3.05, 3.63) is 70.4 Å². The van der Waals surface area contributed by atoms with E-state index in [0.29, 0.717) is 10.6 Å². The number of fused-ring (bicyclic) bond motifs is 1. The quantitative estimate of drug-likeness (QED) is 0.741. The summed E-state index contributed by atoms with van der Waals surface area (Å²) in [7, 11) is 0. The first-order chi connectivity index (χ1) is 10.6. The number of hydrogen-bond acceptors (Lipinski definition) is 2. The number of rotatable bonds is 2. The highest BCUT2D eigenvalue weighted by atomic mass is 35.5. The van der Waals surface area contributed by atoms with Crippen LogP contribution in [0.15, 0.2) is 48.5 Å². The molecule has 0 saturated carbocycles. The second-order valence-corrected chi connectivity index (χ2v) is 5.61. The number of nitrogens with zero attached hydrogens (tertiary/aromatic N) is 1. The lowest BCUT2D eigenvalue weighted by Crippen LogP contribution is -2.12. The maximum absolute atomic E-state index is 12.4. The highest BCUT2D eigenvalue weighted by Crippen LogP contribution is 2.29.